The van der Waals surface area contributed by atoms with Crippen LogP contribution < -0.4 is 15.1 Å². The molecule has 1 fully saturated rings. The molecule has 0 aromatic heterocycles. The van der Waals surface area contributed by atoms with Crippen molar-refractivity contribution in [2.24, 2.45) is 0 Å². The molecular formula is C25H36N4O2+2. The number of piperazine rings is 1. The molecule has 0 bridgehead atoms. The van der Waals surface area contributed by atoms with Crippen molar-refractivity contribution in [3.63, 3.8) is 0 Å². The minimum absolute atomic E-state index is 0.0217. The number of aryl methyl sites for hydroxylation is 3. The molecule has 0 aliphatic carbocycles. The van der Waals surface area contributed by atoms with Crippen molar-refractivity contribution < 1.29 is 19.4 Å². The second-order valence-corrected chi connectivity index (χ2v) is 8.90. The third kappa shape index (κ3) is 6.64. The average Bonchev–Trinajstić information content (AvgIpc) is 2.73. The van der Waals surface area contributed by atoms with E-state index < -0.39 is 0 Å². The monoisotopic (exact) mass is 424 g/mol. The zero-order valence-corrected chi connectivity index (χ0v) is 19.3. The Balaban J connectivity index is 1.42. The van der Waals surface area contributed by atoms with Gasteiger partial charge in [0.1, 0.15) is 32.7 Å². The van der Waals surface area contributed by atoms with E-state index in [9.17, 15) is 9.59 Å². The number of benzene rings is 2. The van der Waals surface area contributed by atoms with E-state index in [1.165, 1.54) is 16.0 Å². The normalized spacial score (nSPS) is 18.5. The molecule has 1 heterocycles. The first-order chi connectivity index (χ1) is 14.8. The van der Waals surface area contributed by atoms with Crippen LogP contribution >= 0.6 is 0 Å². The molecule has 3 N–H and O–H groups in total. The van der Waals surface area contributed by atoms with Crippen LogP contribution in [0, 0.1) is 20.8 Å². The van der Waals surface area contributed by atoms with E-state index in [1.807, 2.05) is 32.0 Å². The zero-order chi connectivity index (χ0) is 22.4. The van der Waals surface area contributed by atoms with Crippen LogP contribution in [0.3, 0.4) is 0 Å². The summed E-state index contributed by atoms with van der Waals surface area (Å²) in [5.41, 5.74) is 5.68. The minimum atomic E-state index is -0.160. The number of quaternary nitrogens is 2. The van der Waals surface area contributed by atoms with Crippen molar-refractivity contribution in [1.29, 1.82) is 0 Å². The molecule has 2 aromatic carbocycles. The predicted molar refractivity (Wildman–Crippen MR) is 123 cm³/mol. The van der Waals surface area contributed by atoms with Gasteiger partial charge in [-0.15, -0.1) is 0 Å². The lowest BCUT2D eigenvalue weighted by Crippen LogP contribution is -3.28. The molecule has 2 aromatic rings. The van der Waals surface area contributed by atoms with E-state index >= 15 is 0 Å². The lowest BCUT2D eigenvalue weighted by atomic mass is 10.1. The molecule has 6 nitrogen and oxygen atoms in total. The minimum Gasteiger partial charge on any atom is -0.332 e. The topological polar surface area (TPSA) is 58.3 Å². The van der Waals surface area contributed by atoms with Gasteiger partial charge < -0.3 is 20.0 Å². The summed E-state index contributed by atoms with van der Waals surface area (Å²) >= 11 is 0. The maximum atomic E-state index is 12.7. The number of amides is 2. The summed E-state index contributed by atoms with van der Waals surface area (Å²) in [5.74, 6) is -0.138. The zero-order valence-electron chi connectivity index (χ0n) is 19.3. The molecular weight excluding hydrogens is 388 g/mol. The van der Waals surface area contributed by atoms with Crippen molar-refractivity contribution >= 4 is 17.5 Å². The number of carbonyl (C=O) groups is 2. The van der Waals surface area contributed by atoms with E-state index in [-0.39, 0.29) is 18.4 Å². The van der Waals surface area contributed by atoms with E-state index in [4.69, 9.17) is 0 Å². The Morgan fingerprint density at radius 3 is 2.32 bits per heavy atom. The summed E-state index contributed by atoms with van der Waals surface area (Å²) < 4.78 is 0. The quantitative estimate of drug-likeness (QED) is 0.586. The third-order valence-corrected chi connectivity index (χ3v) is 6.24. The first-order valence-corrected chi connectivity index (χ1v) is 11.1. The number of hydrogen-bond donors (Lipinski definition) is 3. The number of nitrogens with one attached hydrogen (secondary N) is 3. The Morgan fingerprint density at radius 1 is 0.935 bits per heavy atom. The van der Waals surface area contributed by atoms with Gasteiger partial charge in [0.25, 0.3) is 5.91 Å². The lowest BCUT2D eigenvalue weighted by molar-refractivity contribution is -1.02. The van der Waals surface area contributed by atoms with Crippen molar-refractivity contribution in [1.82, 2.24) is 4.90 Å². The molecule has 31 heavy (non-hydrogen) atoms. The smallest absolute Gasteiger partial charge is 0.277 e. The Bertz CT molecular complexity index is 919. The molecule has 1 aliphatic heterocycles. The van der Waals surface area contributed by atoms with Gasteiger partial charge in [0, 0.05) is 18.3 Å². The fourth-order valence-corrected chi connectivity index (χ4v) is 4.10. The maximum absolute atomic E-state index is 12.7. The van der Waals surface area contributed by atoms with Crippen LogP contribution in [0.2, 0.25) is 0 Å². The molecule has 2 amide bonds. The van der Waals surface area contributed by atoms with Crippen LogP contribution in [0.5, 0.6) is 0 Å². The van der Waals surface area contributed by atoms with E-state index in [1.54, 1.807) is 16.8 Å². The molecule has 0 spiro atoms. The molecule has 1 aliphatic rings. The Kier molecular flexibility index (Phi) is 7.82. The molecule has 3 rings (SSSR count). The van der Waals surface area contributed by atoms with Gasteiger partial charge in [-0.25, -0.2) is 0 Å². The highest BCUT2D eigenvalue weighted by molar-refractivity contribution is 5.95. The number of anilines is 1. The lowest BCUT2D eigenvalue weighted by Gasteiger charge is -2.30. The molecule has 166 valence electrons. The fraction of sp³-hybridized carbons (Fsp3) is 0.440. The standard InChI is InChI=1S/C25H34N4O2/c1-19-9-10-21(3)23(15-19)26-24(30)17-27(4)25(31)18-29-13-11-28(12-14-29)16-22-8-6-5-7-20(22)2/h5-10,15H,11-14,16-18H2,1-4H3,(H,26,30)/p+2. The molecule has 1 saturated heterocycles. The van der Waals surface area contributed by atoms with Crippen LogP contribution in [0.4, 0.5) is 5.69 Å². The van der Waals surface area contributed by atoms with Crippen molar-refractivity contribution in [3.05, 3.63) is 64.7 Å². The Hall–Kier alpha value is -2.70. The van der Waals surface area contributed by atoms with Gasteiger partial charge in [-0.1, -0.05) is 36.4 Å². The molecule has 0 unspecified atom stereocenters. The van der Waals surface area contributed by atoms with Gasteiger partial charge in [0.2, 0.25) is 5.91 Å². The highest BCUT2D eigenvalue weighted by Gasteiger charge is 2.26. The summed E-state index contributed by atoms with van der Waals surface area (Å²) in [6.45, 7) is 11.8. The van der Waals surface area contributed by atoms with Gasteiger partial charge >= 0.3 is 0 Å². The van der Waals surface area contributed by atoms with E-state index in [0.717, 1.165) is 49.5 Å². The predicted octanol–water partition coefficient (Wildman–Crippen LogP) is -0.00764. The van der Waals surface area contributed by atoms with Gasteiger partial charge in [-0.3, -0.25) is 9.59 Å². The highest BCUT2D eigenvalue weighted by Crippen LogP contribution is 2.16. The van der Waals surface area contributed by atoms with E-state index in [0.29, 0.717) is 6.54 Å². The van der Waals surface area contributed by atoms with Gasteiger partial charge in [-0.05, 0) is 43.5 Å². The maximum Gasteiger partial charge on any atom is 0.277 e. The number of likely N-dealkylation sites (N-methyl/N-ethyl adjacent to an activating group) is 1. The average molecular weight is 425 g/mol. The Morgan fingerprint density at radius 2 is 1.61 bits per heavy atom. The first kappa shape index (κ1) is 23.0. The summed E-state index contributed by atoms with van der Waals surface area (Å²) in [6.07, 6.45) is 0. The molecule has 0 radical (unpaired) electrons. The second-order valence-electron chi connectivity index (χ2n) is 8.90. The van der Waals surface area contributed by atoms with Gasteiger partial charge in [0.05, 0.1) is 6.54 Å². The SMILES string of the molecule is Cc1ccc(C)c(NC(=O)CN(C)C(=O)C[NH+]2CC[NH+](Cc3ccccc3C)CC2)c1. The summed E-state index contributed by atoms with van der Waals surface area (Å²) in [6, 6.07) is 14.5. The highest BCUT2D eigenvalue weighted by atomic mass is 16.2. The van der Waals surface area contributed by atoms with Crippen molar-refractivity contribution in [2.45, 2.75) is 27.3 Å². The first-order valence-electron chi connectivity index (χ1n) is 11.1. The van der Waals surface area contributed by atoms with Crippen LogP contribution in [0.1, 0.15) is 22.3 Å². The number of carbonyl (C=O) groups excluding carboxylic acids is 2. The summed E-state index contributed by atoms with van der Waals surface area (Å²) in [4.78, 5) is 29.5. The summed E-state index contributed by atoms with van der Waals surface area (Å²) in [5, 5.41) is 2.93. The number of hydrogen-bond acceptors (Lipinski definition) is 2. The van der Waals surface area contributed by atoms with Crippen LogP contribution in [0.25, 0.3) is 0 Å². The molecule has 0 atom stereocenters. The number of rotatable bonds is 7. The van der Waals surface area contributed by atoms with Gasteiger partial charge in [-0.2, -0.15) is 0 Å². The molecule has 0 saturated carbocycles. The van der Waals surface area contributed by atoms with Crippen molar-refractivity contribution in [2.75, 3.05) is 51.6 Å². The van der Waals surface area contributed by atoms with Crippen LogP contribution in [0.15, 0.2) is 42.5 Å². The third-order valence-electron chi connectivity index (χ3n) is 6.24. The van der Waals surface area contributed by atoms with Gasteiger partial charge in [0.15, 0.2) is 6.54 Å². The van der Waals surface area contributed by atoms with E-state index in [2.05, 4.69) is 36.5 Å². The summed E-state index contributed by atoms with van der Waals surface area (Å²) in [7, 11) is 1.71. The second kappa shape index (κ2) is 10.6. The Labute approximate surface area is 185 Å². The largest absolute Gasteiger partial charge is 0.332 e. The number of nitrogens with zero attached hydrogens (tertiary/aromatic N) is 1. The van der Waals surface area contributed by atoms with Crippen LogP contribution in [-0.2, 0) is 16.1 Å². The molecule has 6 heteroatoms. The van der Waals surface area contributed by atoms with Crippen LogP contribution in [-0.4, -0.2) is 63.0 Å². The fourth-order valence-electron chi connectivity index (χ4n) is 4.10. The van der Waals surface area contributed by atoms with Crippen molar-refractivity contribution in [3.8, 4) is 0 Å².